The molecule has 1 aliphatic rings. The molecule has 0 unspecified atom stereocenters. The van der Waals surface area contributed by atoms with Gasteiger partial charge in [0, 0.05) is 39.8 Å². The van der Waals surface area contributed by atoms with Crippen molar-refractivity contribution in [3.8, 4) is 0 Å². The largest absolute Gasteiger partial charge is 0.299 e. The summed E-state index contributed by atoms with van der Waals surface area (Å²) in [7, 11) is -0.151. The Hall–Kier alpha value is -1.70. The molecule has 7 heteroatoms. The summed E-state index contributed by atoms with van der Waals surface area (Å²) in [6.45, 7) is 2.74. The fourth-order valence-corrected chi connectivity index (χ4v) is 4.75. The van der Waals surface area contributed by atoms with E-state index in [-0.39, 0.29) is 11.1 Å². The molecule has 0 spiro atoms. The number of hydrogen-bond donors (Lipinski definition) is 0. The van der Waals surface area contributed by atoms with Crippen molar-refractivity contribution in [1.29, 1.82) is 0 Å². The van der Waals surface area contributed by atoms with Crippen LogP contribution in [-0.2, 0) is 23.6 Å². The molecule has 0 radical (unpaired) electrons. The van der Waals surface area contributed by atoms with E-state index in [4.69, 9.17) is 0 Å². The Kier molecular flexibility index (Phi) is 5.03. The van der Waals surface area contributed by atoms with Crippen LogP contribution in [0.15, 0.2) is 47.6 Å². The van der Waals surface area contributed by atoms with Gasteiger partial charge in [-0.25, -0.2) is 8.42 Å². The topological polar surface area (TPSA) is 58.4 Å². The van der Waals surface area contributed by atoms with Crippen LogP contribution in [0.4, 0.5) is 0 Å². The maximum absolute atomic E-state index is 12.7. The standard InChI is InChI=1S/C17H24N4O2S/c1-19-17(8-11-18-19)24(22,23)20(2)16-9-12-21(13-10-16)14-15-6-4-3-5-7-15/h3-8,11,16H,9-10,12-14H2,1-2H3. The van der Waals surface area contributed by atoms with Crippen molar-refractivity contribution in [2.45, 2.75) is 30.5 Å². The molecule has 0 N–H and O–H groups in total. The monoisotopic (exact) mass is 348 g/mol. The van der Waals surface area contributed by atoms with Crippen LogP contribution in [0.2, 0.25) is 0 Å². The zero-order valence-electron chi connectivity index (χ0n) is 14.2. The number of piperidine rings is 1. The van der Waals surface area contributed by atoms with Gasteiger partial charge in [-0.3, -0.25) is 9.58 Å². The second-order valence-electron chi connectivity index (χ2n) is 6.31. The fraction of sp³-hybridized carbons (Fsp3) is 0.471. The first-order valence-corrected chi connectivity index (χ1v) is 9.65. The Morgan fingerprint density at radius 2 is 1.83 bits per heavy atom. The molecular formula is C17H24N4O2S. The minimum Gasteiger partial charge on any atom is -0.299 e. The molecule has 1 aromatic heterocycles. The van der Waals surface area contributed by atoms with Gasteiger partial charge in [0.25, 0.3) is 10.0 Å². The van der Waals surface area contributed by atoms with Gasteiger partial charge in [0.1, 0.15) is 0 Å². The van der Waals surface area contributed by atoms with Gasteiger partial charge in [0.05, 0.1) is 6.20 Å². The first-order valence-electron chi connectivity index (χ1n) is 8.21. The third-order valence-corrected chi connectivity index (χ3v) is 6.72. The van der Waals surface area contributed by atoms with E-state index >= 15 is 0 Å². The van der Waals surface area contributed by atoms with Gasteiger partial charge in [0.2, 0.25) is 0 Å². The van der Waals surface area contributed by atoms with Crippen molar-refractivity contribution in [3.63, 3.8) is 0 Å². The quantitative estimate of drug-likeness (QED) is 0.825. The van der Waals surface area contributed by atoms with Crippen LogP contribution in [0.25, 0.3) is 0 Å². The number of nitrogens with zero attached hydrogens (tertiary/aromatic N) is 4. The normalized spacial score (nSPS) is 17.5. The summed E-state index contributed by atoms with van der Waals surface area (Å²) in [5.74, 6) is 0. The van der Waals surface area contributed by atoms with Crippen LogP contribution in [0.3, 0.4) is 0 Å². The third kappa shape index (κ3) is 3.53. The van der Waals surface area contributed by atoms with Crippen molar-refractivity contribution in [3.05, 3.63) is 48.2 Å². The predicted octanol–water partition coefficient (Wildman–Crippen LogP) is 1.71. The van der Waals surface area contributed by atoms with Crippen molar-refractivity contribution >= 4 is 10.0 Å². The van der Waals surface area contributed by atoms with Crippen LogP contribution in [0.1, 0.15) is 18.4 Å². The highest BCUT2D eigenvalue weighted by Gasteiger charge is 2.32. The first kappa shape index (κ1) is 17.1. The molecule has 1 saturated heterocycles. The Balaban J connectivity index is 1.61. The summed E-state index contributed by atoms with van der Waals surface area (Å²) < 4.78 is 28.4. The molecule has 1 aliphatic heterocycles. The molecule has 1 fully saturated rings. The zero-order valence-corrected chi connectivity index (χ0v) is 15.0. The maximum Gasteiger partial charge on any atom is 0.260 e. The average Bonchev–Trinajstić information content (AvgIpc) is 3.03. The van der Waals surface area contributed by atoms with Gasteiger partial charge in [-0.1, -0.05) is 30.3 Å². The highest BCUT2D eigenvalue weighted by Crippen LogP contribution is 2.23. The third-order valence-electron chi connectivity index (χ3n) is 4.74. The molecule has 0 saturated carbocycles. The lowest BCUT2D eigenvalue weighted by Gasteiger charge is -2.36. The van der Waals surface area contributed by atoms with Crippen molar-refractivity contribution in [2.24, 2.45) is 7.05 Å². The Morgan fingerprint density at radius 1 is 1.17 bits per heavy atom. The Morgan fingerprint density at radius 3 is 2.42 bits per heavy atom. The number of hydrogen-bond acceptors (Lipinski definition) is 4. The van der Waals surface area contributed by atoms with E-state index in [2.05, 4.69) is 34.3 Å². The molecule has 24 heavy (non-hydrogen) atoms. The fourth-order valence-electron chi connectivity index (χ4n) is 3.24. The van der Waals surface area contributed by atoms with E-state index in [0.29, 0.717) is 0 Å². The van der Waals surface area contributed by atoms with E-state index in [1.807, 2.05) is 6.07 Å². The summed E-state index contributed by atoms with van der Waals surface area (Å²) in [5.41, 5.74) is 1.30. The summed E-state index contributed by atoms with van der Waals surface area (Å²) in [5, 5.41) is 4.22. The number of rotatable bonds is 5. The second-order valence-corrected chi connectivity index (χ2v) is 8.25. The average molecular weight is 348 g/mol. The Bertz CT molecular complexity index is 765. The number of benzene rings is 1. The van der Waals surface area contributed by atoms with Crippen LogP contribution < -0.4 is 0 Å². The summed E-state index contributed by atoms with van der Waals surface area (Å²) in [4.78, 5) is 2.39. The minimum absolute atomic E-state index is 0.0388. The highest BCUT2D eigenvalue weighted by atomic mass is 32.2. The number of aromatic nitrogens is 2. The van der Waals surface area contributed by atoms with Gasteiger partial charge in [-0.15, -0.1) is 0 Å². The second kappa shape index (κ2) is 7.04. The summed E-state index contributed by atoms with van der Waals surface area (Å²) in [6, 6.07) is 12.0. The van der Waals surface area contributed by atoms with Crippen molar-refractivity contribution < 1.29 is 8.42 Å². The minimum atomic E-state index is -3.49. The molecule has 0 bridgehead atoms. The van der Waals surface area contributed by atoms with Crippen LogP contribution in [0, 0.1) is 0 Å². The maximum atomic E-state index is 12.7. The first-order chi connectivity index (χ1) is 11.5. The highest BCUT2D eigenvalue weighted by molar-refractivity contribution is 7.89. The molecule has 130 valence electrons. The zero-order chi connectivity index (χ0) is 17.2. The smallest absolute Gasteiger partial charge is 0.260 e. The number of likely N-dealkylation sites (tertiary alicyclic amines) is 1. The molecule has 1 aromatic carbocycles. The summed E-state index contributed by atoms with van der Waals surface area (Å²) in [6.07, 6.45) is 3.21. The molecule has 0 atom stereocenters. The number of sulfonamides is 1. The molecular weight excluding hydrogens is 324 g/mol. The lowest BCUT2D eigenvalue weighted by Crippen LogP contribution is -2.45. The van der Waals surface area contributed by atoms with Gasteiger partial charge < -0.3 is 0 Å². The number of aryl methyl sites for hydroxylation is 1. The predicted molar refractivity (Wildman–Crippen MR) is 92.9 cm³/mol. The van der Waals surface area contributed by atoms with Gasteiger partial charge in [0.15, 0.2) is 5.03 Å². The van der Waals surface area contributed by atoms with Gasteiger partial charge in [-0.05, 0) is 24.5 Å². The van der Waals surface area contributed by atoms with Crippen LogP contribution in [0.5, 0.6) is 0 Å². The molecule has 2 aromatic rings. The van der Waals surface area contributed by atoms with E-state index in [1.54, 1.807) is 20.2 Å². The van der Waals surface area contributed by atoms with Crippen molar-refractivity contribution in [1.82, 2.24) is 19.0 Å². The van der Waals surface area contributed by atoms with Gasteiger partial charge >= 0.3 is 0 Å². The molecule has 6 nitrogen and oxygen atoms in total. The molecule has 0 aliphatic carbocycles. The lowest BCUT2D eigenvalue weighted by atomic mass is 10.0. The van der Waals surface area contributed by atoms with E-state index < -0.39 is 10.0 Å². The van der Waals surface area contributed by atoms with E-state index in [9.17, 15) is 8.42 Å². The van der Waals surface area contributed by atoms with E-state index in [1.165, 1.54) is 20.7 Å². The summed E-state index contributed by atoms with van der Waals surface area (Å²) >= 11 is 0. The molecule has 2 heterocycles. The van der Waals surface area contributed by atoms with Crippen molar-refractivity contribution in [2.75, 3.05) is 20.1 Å². The molecule has 0 amide bonds. The van der Waals surface area contributed by atoms with E-state index in [0.717, 1.165) is 32.5 Å². The lowest BCUT2D eigenvalue weighted by molar-refractivity contribution is 0.163. The van der Waals surface area contributed by atoms with Crippen LogP contribution in [-0.4, -0.2) is 53.6 Å². The molecule has 3 rings (SSSR count). The van der Waals surface area contributed by atoms with Crippen LogP contribution >= 0.6 is 0 Å². The SMILES string of the molecule is CN(C1CCN(Cc2ccccc2)CC1)S(=O)(=O)c1ccnn1C. The van der Waals surface area contributed by atoms with Gasteiger partial charge in [-0.2, -0.15) is 9.40 Å². The Labute approximate surface area is 143 Å².